The Morgan fingerprint density at radius 3 is 2.25 bits per heavy atom. The van der Waals surface area contributed by atoms with Gasteiger partial charge in [0.05, 0.1) is 19.8 Å². The molecule has 1 N–H and O–H groups in total. The molecule has 106 valence electrons. The van der Waals surface area contributed by atoms with Crippen LogP contribution in [-0.4, -0.2) is 18.3 Å². The molecule has 0 aromatic heterocycles. The van der Waals surface area contributed by atoms with Crippen molar-refractivity contribution in [1.29, 1.82) is 0 Å². The normalized spacial score (nSPS) is 13.8. The van der Waals surface area contributed by atoms with Gasteiger partial charge in [-0.2, -0.15) is 0 Å². The number of aliphatic hydroxyl groups excluding tert-OH is 1. The van der Waals surface area contributed by atoms with E-state index in [1.807, 2.05) is 61.5 Å². The third-order valence-electron chi connectivity index (χ3n) is 3.26. The Labute approximate surface area is 119 Å². The lowest BCUT2D eigenvalue weighted by Crippen LogP contribution is -2.18. The van der Waals surface area contributed by atoms with Gasteiger partial charge < -0.3 is 14.6 Å². The number of hydrogen-bond donors (Lipinski definition) is 1. The van der Waals surface area contributed by atoms with E-state index in [-0.39, 0.29) is 6.10 Å². The molecule has 0 radical (unpaired) electrons. The molecule has 0 aliphatic heterocycles. The molecule has 0 aliphatic carbocycles. The largest absolute Gasteiger partial charge is 0.497 e. The van der Waals surface area contributed by atoms with E-state index in [4.69, 9.17) is 9.47 Å². The Morgan fingerprint density at radius 1 is 1.00 bits per heavy atom. The Bertz CT molecular complexity index is 508. The Hall–Kier alpha value is -1.84. The van der Waals surface area contributed by atoms with Crippen molar-refractivity contribution in [3.05, 3.63) is 65.7 Å². The summed E-state index contributed by atoms with van der Waals surface area (Å²) in [6.07, 6.45) is -0.881. The minimum Gasteiger partial charge on any atom is -0.497 e. The first-order valence-corrected chi connectivity index (χ1v) is 6.68. The minimum absolute atomic E-state index is 0.264. The van der Waals surface area contributed by atoms with Gasteiger partial charge >= 0.3 is 0 Å². The Balaban J connectivity index is 1.89. The summed E-state index contributed by atoms with van der Waals surface area (Å²) in [6.45, 7) is 2.34. The molecular formula is C17H20O3. The van der Waals surface area contributed by atoms with Crippen molar-refractivity contribution in [3.8, 4) is 5.75 Å². The van der Waals surface area contributed by atoms with Crippen molar-refractivity contribution < 1.29 is 14.6 Å². The van der Waals surface area contributed by atoms with E-state index < -0.39 is 6.10 Å². The van der Waals surface area contributed by atoms with Gasteiger partial charge in [0.1, 0.15) is 11.9 Å². The molecule has 2 aromatic rings. The van der Waals surface area contributed by atoms with Crippen molar-refractivity contribution >= 4 is 0 Å². The molecule has 0 fully saturated rings. The highest BCUT2D eigenvalue weighted by Crippen LogP contribution is 2.20. The van der Waals surface area contributed by atoms with Gasteiger partial charge in [-0.1, -0.05) is 42.5 Å². The second-order valence-electron chi connectivity index (χ2n) is 4.72. The number of methoxy groups -OCH3 is 1. The summed E-state index contributed by atoms with van der Waals surface area (Å²) in [6, 6.07) is 17.3. The summed E-state index contributed by atoms with van der Waals surface area (Å²) < 4.78 is 10.8. The first-order chi connectivity index (χ1) is 9.70. The van der Waals surface area contributed by atoms with Gasteiger partial charge in [0.15, 0.2) is 0 Å². The maximum absolute atomic E-state index is 10.2. The van der Waals surface area contributed by atoms with Gasteiger partial charge in [0.2, 0.25) is 0 Å². The SMILES string of the molecule is COc1ccc(COC(C)C(O)c2ccccc2)cc1. The average Bonchev–Trinajstić information content (AvgIpc) is 2.53. The molecule has 0 spiro atoms. The fourth-order valence-electron chi connectivity index (χ4n) is 1.96. The number of ether oxygens (including phenoxy) is 2. The number of benzene rings is 2. The molecule has 2 rings (SSSR count). The molecule has 3 heteroatoms. The standard InChI is InChI=1S/C17H20O3/c1-13(17(18)15-6-4-3-5-7-15)20-12-14-8-10-16(19-2)11-9-14/h3-11,13,17-18H,12H2,1-2H3. The summed E-state index contributed by atoms with van der Waals surface area (Å²) in [5.74, 6) is 0.825. The predicted octanol–water partition coefficient (Wildman–Crippen LogP) is 3.33. The molecule has 0 amide bonds. The molecule has 0 saturated heterocycles. The zero-order valence-corrected chi connectivity index (χ0v) is 11.8. The summed E-state index contributed by atoms with van der Waals surface area (Å²) in [5.41, 5.74) is 1.92. The van der Waals surface area contributed by atoms with Crippen LogP contribution < -0.4 is 4.74 Å². The van der Waals surface area contributed by atoms with Crippen molar-refractivity contribution in [2.45, 2.75) is 25.7 Å². The lowest BCUT2D eigenvalue weighted by Gasteiger charge is -2.20. The van der Waals surface area contributed by atoms with E-state index >= 15 is 0 Å². The van der Waals surface area contributed by atoms with E-state index in [9.17, 15) is 5.11 Å². The minimum atomic E-state index is -0.616. The molecule has 20 heavy (non-hydrogen) atoms. The monoisotopic (exact) mass is 272 g/mol. The van der Waals surface area contributed by atoms with E-state index in [1.54, 1.807) is 7.11 Å². The fraction of sp³-hybridized carbons (Fsp3) is 0.294. The van der Waals surface area contributed by atoms with Crippen LogP contribution in [0.3, 0.4) is 0 Å². The van der Waals surface area contributed by atoms with Crippen molar-refractivity contribution in [3.63, 3.8) is 0 Å². The van der Waals surface area contributed by atoms with Crippen molar-refractivity contribution in [2.24, 2.45) is 0 Å². The van der Waals surface area contributed by atoms with Gasteiger partial charge in [-0.3, -0.25) is 0 Å². The number of aliphatic hydroxyl groups is 1. The first-order valence-electron chi connectivity index (χ1n) is 6.68. The highest BCUT2D eigenvalue weighted by molar-refractivity contribution is 5.26. The molecule has 2 aromatic carbocycles. The van der Waals surface area contributed by atoms with Gasteiger partial charge in [-0.05, 0) is 30.2 Å². The van der Waals surface area contributed by atoms with Crippen LogP contribution >= 0.6 is 0 Å². The molecular weight excluding hydrogens is 252 g/mol. The molecule has 0 bridgehead atoms. The van der Waals surface area contributed by atoms with E-state index in [0.717, 1.165) is 16.9 Å². The lowest BCUT2D eigenvalue weighted by molar-refractivity contribution is -0.0364. The maximum Gasteiger partial charge on any atom is 0.118 e. The zero-order chi connectivity index (χ0) is 14.4. The first kappa shape index (κ1) is 14.6. The van der Waals surface area contributed by atoms with Crippen LogP contribution in [0.1, 0.15) is 24.2 Å². The second kappa shape index (κ2) is 7.08. The highest BCUT2D eigenvalue weighted by Gasteiger charge is 2.16. The summed E-state index contributed by atoms with van der Waals surface area (Å²) in [7, 11) is 1.64. The van der Waals surface area contributed by atoms with Gasteiger partial charge in [0, 0.05) is 0 Å². The Kier molecular flexibility index (Phi) is 5.16. The third kappa shape index (κ3) is 3.83. The molecule has 0 saturated carbocycles. The fourth-order valence-corrected chi connectivity index (χ4v) is 1.96. The number of rotatable bonds is 6. The van der Waals surface area contributed by atoms with Crippen LogP contribution in [0.4, 0.5) is 0 Å². The van der Waals surface area contributed by atoms with E-state index in [2.05, 4.69) is 0 Å². The summed E-state index contributed by atoms with van der Waals surface area (Å²) in [4.78, 5) is 0. The molecule has 2 atom stereocenters. The van der Waals surface area contributed by atoms with E-state index in [0.29, 0.717) is 6.61 Å². The van der Waals surface area contributed by atoms with Crippen LogP contribution in [0.5, 0.6) is 5.75 Å². The topological polar surface area (TPSA) is 38.7 Å². The molecule has 3 nitrogen and oxygen atoms in total. The van der Waals surface area contributed by atoms with Crippen LogP contribution in [-0.2, 0) is 11.3 Å². The molecule has 2 unspecified atom stereocenters. The van der Waals surface area contributed by atoms with Crippen molar-refractivity contribution in [2.75, 3.05) is 7.11 Å². The van der Waals surface area contributed by atoms with E-state index in [1.165, 1.54) is 0 Å². The number of hydrogen-bond acceptors (Lipinski definition) is 3. The third-order valence-corrected chi connectivity index (χ3v) is 3.26. The molecule has 0 aliphatic rings. The quantitative estimate of drug-likeness (QED) is 0.876. The van der Waals surface area contributed by atoms with Crippen LogP contribution in [0.25, 0.3) is 0 Å². The average molecular weight is 272 g/mol. The maximum atomic E-state index is 10.2. The Morgan fingerprint density at radius 2 is 1.65 bits per heavy atom. The van der Waals surface area contributed by atoms with Crippen LogP contribution in [0, 0.1) is 0 Å². The summed E-state index contributed by atoms with van der Waals surface area (Å²) >= 11 is 0. The van der Waals surface area contributed by atoms with Gasteiger partial charge in [-0.15, -0.1) is 0 Å². The second-order valence-corrected chi connectivity index (χ2v) is 4.72. The van der Waals surface area contributed by atoms with Crippen LogP contribution in [0.15, 0.2) is 54.6 Å². The molecule has 0 heterocycles. The van der Waals surface area contributed by atoms with Gasteiger partial charge in [0.25, 0.3) is 0 Å². The van der Waals surface area contributed by atoms with Gasteiger partial charge in [-0.25, -0.2) is 0 Å². The van der Waals surface area contributed by atoms with Crippen LogP contribution in [0.2, 0.25) is 0 Å². The highest BCUT2D eigenvalue weighted by atomic mass is 16.5. The zero-order valence-electron chi connectivity index (χ0n) is 11.8. The smallest absolute Gasteiger partial charge is 0.118 e. The lowest BCUT2D eigenvalue weighted by atomic mass is 10.1. The van der Waals surface area contributed by atoms with Crippen molar-refractivity contribution in [1.82, 2.24) is 0 Å². The summed E-state index contributed by atoms with van der Waals surface area (Å²) in [5, 5.41) is 10.2. The predicted molar refractivity (Wildman–Crippen MR) is 78.6 cm³/mol.